The molecule has 2 aliphatic rings. The van der Waals surface area contributed by atoms with Crippen molar-refractivity contribution in [1.29, 1.82) is 0 Å². The minimum atomic E-state index is -0.152. The molecule has 1 aromatic rings. The summed E-state index contributed by atoms with van der Waals surface area (Å²) in [7, 11) is 0. The van der Waals surface area contributed by atoms with Gasteiger partial charge in [0.2, 0.25) is 0 Å². The number of aryl methyl sites for hydroxylation is 1. The average molecular weight is 328 g/mol. The SMILES string of the molecule is CCc1ccc(COC(=O)CCCC2CC3CCC(C3)C2=O)cc1. The van der Waals surface area contributed by atoms with Crippen LogP contribution in [0.2, 0.25) is 0 Å². The molecule has 1 aromatic carbocycles. The fraction of sp³-hybridized carbons (Fsp3) is 0.619. The maximum Gasteiger partial charge on any atom is 0.306 e. The Hall–Kier alpha value is -1.64. The molecule has 24 heavy (non-hydrogen) atoms. The van der Waals surface area contributed by atoms with E-state index in [9.17, 15) is 9.59 Å². The molecule has 3 atom stereocenters. The van der Waals surface area contributed by atoms with E-state index in [1.165, 1.54) is 12.0 Å². The molecular formula is C21H28O3. The van der Waals surface area contributed by atoms with E-state index in [0.717, 1.165) is 50.0 Å². The molecule has 130 valence electrons. The lowest BCUT2D eigenvalue weighted by Gasteiger charge is -2.26. The molecule has 2 fully saturated rings. The van der Waals surface area contributed by atoms with Gasteiger partial charge in [-0.2, -0.15) is 0 Å². The monoisotopic (exact) mass is 328 g/mol. The molecule has 0 amide bonds. The fourth-order valence-electron chi connectivity index (χ4n) is 4.26. The van der Waals surface area contributed by atoms with Crippen molar-refractivity contribution >= 4 is 11.8 Å². The molecule has 2 bridgehead atoms. The van der Waals surface area contributed by atoms with Crippen molar-refractivity contribution in [3.8, 4) is 0 Å². The van der Waals surface area contributed by atoms with Gasteiger partial charge in [-0.3, -0.25) is 9.59 Å². The zero-order valence-corrected chi connectivity index (χ0v) is 14.6. The van der Waals surface area contributed by atoms with E-state index in [2.05, 4.69) is 19.1 Å². The smallest absolute Gasteiger partial charge is 0.306 e. The number of Topliss-reactive ketones (excluding diaryl/α,β-unsaturated/α-hetero) is 1. The summed E-state index contributed by atoms with van der Waals surface area (Å²) in [6.07, 6.45) is 7.55. The molecule has 0 N–H and O–H groups in total. The van der Waals surface area contributed by atoms with Crippen LogP contribution in [0.4, 0.5) is 0 Å². The highest BCUT2D eigenvalue weighted by Crippen LogP contribution is 2.43. The molecule has 0 spiro atoms. The minimum Gasteiger partial charge on any atom is -0.461 e. The van der Waals surface area contributed by atoms with E-state index in [1.54, 1.807) is 0 Å². The van der Waals surface area contributed by atoms with Crippen molar-refractivity contribution in [2.45, 2.75) is 64.9 Å². The summed E-state index contributed by atoms with van der Waals surface area (Å²) in [5, 5.41) is 0. The maximum atomic E-state index is 12.3. The molecule has 3 nitrogen and oxygen atoms in total. The van der Waals surface area contributed by atoms with Crippen LogP contribution in [0.5, 0.6) is 0 Å². The van der Waals surface area contributed by atoms with Crippen LogP contribution in [0, 0.1) is 17.8 Å². The van der Waals surface area contributed by atoms with E-state index in [1.807, 2.05) is 12.1 Å². The van der Waals surface area contributed by atoms with E-state index in [-0.39, 0.29) is 11.9 Å². The van der Waals surface area contributed by atoms with Crippen LogP contribution >= 0.6 is 0 Å². The van der Waals surface area contributed by atoms with E-state index >= 15 is 0 Å². The van der Waals surface area contributed by atoms with Gasteiger partial charge < -0.3 is 4.74 Å². The lowest BCUT2D eigenvalue weighted by Crippen LogP contribution is -2.27. The molecule has 0 aliphatic heterocycles. The number of rotatable bonds is 7. The highest BCUT2D eigenvalue weighted by atomic mass is 16.5. The summed E-state index contributed by atoms with van der Waals surface area (Å²) >= 11 is 0. The summed E-state index contributed by atoms with van der Waals surface area (Å²) in [4.78, 5) is 24.2. The van der Waals surface area contributed by atoms with Gasteiger partial charge in [0.05, 0.1) is 0 Å². The first-order valence-corrected chi connectivity index (χ1v) is 9.43. The molecule has 0 radical (unpaired) electrons. The molecule has 0 saturated heterocycles. The number of carbonyl (C=O) groups excluding carboxylic acids is 2. The van der Waals surface area contributed by atoms with Crippen LogP contribution in [0.25, 0.3) is 0 Å². The number of benzene rings is 1. The Bertz CT molecular complexity index is 575. The second kappa shape index (κ2) is 7.96. The fourth-order valence-corrected chi connectivity index (χ4v) is 4.26. The van der Waals surface area contributed by atoms with Gasteiger partial charge in [-0.1, -0.05) is 31.2 Å². The van der Waals surface area contributed by atoms with Gasteiger partial charge in [-0.05, 0) is 62.0 Å². The number of ether oxygens (including phenoxy) is 1. The largest absolute Gasteiger partial charge is 0.461 e. The third-order valence-electron chi connectivity index (χ3n) is 5.73. The lowest BCUT2D eigenvalue weighted by atomic mass is 9.77. The number of hydrogen-bond acceptors (Lipinski definition) is 3. The zero-order chi connectivity index (χ0) is 16.9. The van der Waals surface area contributed by atoms with Crippen molar-refractivity contribution in [3.05, 3.63) is 35.4 Å². The van der Waals surface area contributed by atoms with Crippen molar-refractivity contribution in [3.63, 3.8) is 0 Å². The van der Waals surface area contributed by atoms with Crippen LogP contribution in [0.15, 0.2) is 24.3 Å². The first kappa shape index (κ1) is 17.2. The van der Waals surface area contributed by atoms with E-state index < -0.39 is 0 Å². The van der Waals surface area contributed by atoms with Crippen molar-refractivity contribution in [2.24, 2.45) is 17.8 Å². The second-order valence-electron chi connectivity index (χ2n) is 7.43. The van der Waals surface area contributed by atoms with Crippen molar-refractivity contribution < 1.29 is 14.3 Å². The maximum absolute atomic E-state index is 12.3. The lowest BCUT2D eigenvalue weighted by molar-refractivity contribution is -0.145. The van der Waals surface area contributed by atoms with Crippen molar-refractivity contribution in [2.75, 3.05) is 0 Å². The van der Waals surface area contributed by atoms with Crippen LogP contribution in [0.3, 0.4) is 0 Å². The second-order valence-corrected chi connectivity index (χ2v) is 7.43. The van der Waals surface area contributed by atoms with Gasteiger partial charge >= 0.3 is 5.97 Å². The Morgan fingerprint density at radius 1 is 1.12 bits per heavy atom. The van der Waals surface area contributed by atoms with Crippen molar-refractivity contribution in [1.82, 2.24) is 0 Å². The van der Waals surface area contributed by atoms with Gasteiger partial charge in [-0.25, -0.2) is 0 Å². The third-order valence-corrected chi connectivity index (χ3v) is 5.73. The summed E-state index contributed by atoms with van der Waals surface area (Å²) < 4.78 is 5.35. The molecule has 2 saturated carbocycles. The predicted octanol–water partition coefficient (Wildman–Crippen LogP) is 4.47. The predicted molar refractivity (Wildman–Crippen MR) is 93.4 cm³/mol. The molecule has 3 unspecified atom stereocenters. The molecule has 3 rings (SSSR count). The third kappa shape index (κ3) is 4.25. The molecule has 0 heterocycles. The van der Waals surface area contributed by atoms with E-state index in [4.69, 9.17) is 4.74 Å². The first-order valence-electron chi connectivity index (χ1n) is 9.43. The Morgan fingerprint density at radius 2 is 1.88 bits per heavy atom. The Balaban J connectivity index is 1.35. The Morgan fingerprint density at radius 3 is 2.62 bits per heavy atom. The number of esters is 1. The van der Waals surface area contributed by atoms with Gasteiger partial charge in [0.15, 0.2) is 0 Å². The number of hydrogen-bond donors (Lipinski definition) is 0. The van der Waals surface area contributed by atoms with Gasteiger partial charge in [0.1, 0.15) is 12.4 Å². The number of ketones is 1. The van der Waals surface area contributed by atoms with Crippen LogP contribution < -0.4 is 0 Å². The Labute approximate surface area is 144 Å². The normalized spacial score (nSPS) is 25.7. The first-order chi connectivity index (χ1) is 11.7. The summed E-state index contributed by atoms with van der Waals surface area (Å²) in [5.74, 6) is 1.60. The van der Waals surface area contributed by atoms with Crippen LogP contribution in [-0.2, 0) is 27.4 Å². The van der Waals surface area contributed by atoms with Gasteiger partial charge in [0, 0.05) is 18.3 Å². The van der Waals surface area contributed by atoms with Crippen LogP contribution in [0.1, 0.15) is 63.0 Å². The summed E-state index contributed by atoms with van der Waals surface area (Å²) in [5.41, 5.74) is 2.32. The van der Waals surface area contributed by atoms with Gasteiger partial charge in [-0.15, -0.1) is 0 Å². The highest BCUT2D eigenvalue weighted by molar-refractivity contribution is 5.84. The Kier molecular flexibility index (Phi) is 5.70. The van der Waals surface area contributed by atoms with E-state index in [0.29, 0.717) is 24.7 Å². The quantitative estimate of drug-likeness (QED) is 0.694. The molecule has 2 aliphatic carbocycles. The number of carbonyl (C=O) groups is 2. The molecule has 0 aromatic heterocycles. The molecule has 3 heteroatoms. The average Bonchev–Trinajstić information content (AvgIpc) is 3.01. The summed E-state index contributed by atoms with van der Waals surface area (Å²) in [6.45, 7) is 2.47. The zero-order valence-electron chi connectivity index (χ0n) is 14.6. The van der Waals surface area contributed by atoms with Gasteiger partial charge in [0.25, 0.3) is 0 Å². The minimum absolute atomic E-state index is 0.152. The summed E-state index contributed by atoms with van der Waals surface area (Å²) in [6, 6.07) is 8.18. The number of fused-ring (bicyclic) bond motifs is 2. The standard InChI is InChI=1S/C21H28O3/c1-2-15-6-8-16(9-7-15)14-24-20(22)5-3-4-18-12-17-10-11-19(13-17)21(18)23/h6-9,17-19H,2-5,10-14H2,1H3. The molecular weight excluding hydrogens is 300 g/mol. The van der Waals surface area contributed by atoms with Crippen LogP contribution in [-0.4, -0.2) is 11.8 Å². The topological polar surface area (TPSA) is 43.4 Å². The highest BCUT2D eigenvalue weighted by Gasteiger charge is 2.40.